The lowest BCUT2D eigenvalue weighted by atomic mass is 9.99. The van der Waals surface area contributed by atoms with E-state index >= 15 is 0 Å². The number of nitrogens with one attached hydrogen (secondary N) is 1. The summed E-state index contributed by atoms with van der Waals surface area (Å²) in [6, 6.07) is 8.81. The van der Waals surface area contributed by atoms with Crippen molar-refractivity contribution >= 4 is 0 Å². The predicted molar refractivity (Wildman–Crippen MR) is 61.0 cm³/mol. The summed E-state index contributed by atoms with van der Waals surface area (Å²) in [5.74, 6) is 2.61. The van der Waals surface area contributed by atoms with E-state index in [0.29, 0.717) is 12.6 Å². The van der Waals surface area contributed by atoms with Gasteiger partial charge in [-0.15, -0.1) is 6.42 Å². The maximum Gasteiger partial charge on any atom is 0.0578 e. The van der Waals surface area contributed by atoms with Gasteiger partial charge in [0.25, 0.3) is 0 Å². The molecule has 0 fully saturated rings. The van der Waals surface area contributed by atoms with Gasteiger partial charge in [-0.1, -0.05) is 37.1 Å². The van der Waals surface area contributed by atoms with Gasteiger partial charge in [0.2, 0.25) is 0 Å². The summed E-state index contributed by atoms with van der Waals surface area (Å²) in [6.45, 7) is 4.93. The van der Waals surface area contributed by atoms with Crippen LogP contribution in [0.4, 0.5) is 0 Å². The van der Waals surface area contributed by atoms with Crippen LogP contribution in [0.5, 0.6) is 0 Å². The molecule has 0 heterocycles. The first-order valence-electron chi connectivity index (χ1n) is 5.02. The Hall–Kier alpha value is -1.26. The molecule has 14 heavy (non-hydrogen) atoms. The maximum atomic E-state index is 5.24. The molecule has 74 valence electrons. The van der Waals surface area contributed by atoms with Crippen LogP contribution in [0, 0.1) is 19.3 Å². The Morgan fingerprint density at radius 1 is 1.43 bits per heavy atom. The molecule has 1 unspecified atom stereocenters. The lowest BCUT2D eigenvalue weighted by Gasteiger charge is -2.17. The lowest BCUT2D eigenvalue weighted by Crippen LogP contribution is -2.21. The quantitative estimate of drug-likeness (QED) is 0.715. The summed E-state index contributed by atoms with van der Waals surface area (Å²) in [7, 11) is 0. The molecule has 0 bridgehead atoms. The Kier molecular flexibility index (Phi) is 4.22. The molecule has 0 spiro atoms. The van der Waals surface area contributed by atoms with Crippen LogP contribution < -0.4 is 5.32 Å². The predicted octanol–water partition coefficient (Wildman–Crippen LogP) is 2.67. The molecule has 0 radical (unpaired) electrons. The minimum atomic E-state index is 0.382. The van der Waals surface area contributed by atoms with Crippen LogP contribution in [-0.2, 0) is 0 Å². The van der Waals surface area contributed by atoms with Crippen LogP contribution in [0.15, 0.2) is 24.3 Å². The third-order valence-corrected chi connectivity index (χ3v) is 2.42. The van der Waals surface area contributed by atoms with Gasteiger partial charge in [0.15, 0.2) is 0 Å². The van der Waals surface area contributed by atoms with E-state index < -0.39 is 0 Å². The normalized spacial score (nSPS) is 12.1. The summed E-state index contributed by atoms with van der Waals surface area (Å²) in [5.41, 5.74) is 2.68. The molecular formula is C13H17N. The number of rotatable bonds is 4. The molecule has 0 saturated carbocycles. The van der Waals surface area contributed by atoms with Gasteiger partial charge in [-0.3, -0.25) is 5.32 Å². The molecule has 1 nitrogen and oxygen atoms in total. The fourth-order valence-corrected chi connectivity index (χ4v) is 1.63. The molecule has 0 aliphatic carbocycles. The molecule has 1 aromatic carbocycles. The van der Waals surface area contributed by atoms with Crippen LogP contribution in [0.1, 0.15) is 30.5 Å². The summed E-state index contributed by atoms with van der Waals surface area (Å²) >= 11 is 0. The van der Waals surface area contributed by atoms with Crippen molar-refractivity contribution in [2.75, 3.05) is 6.54 Å². The zero-order chi connectivity index (χ0) is 10.4. The zero-order valence-electron chi connectivity index (χ0n) is 8.88. The molecule has 1 rings (SSSR count). The second kappa shape index (κ2) is 5.47. The van der Waals surface area contributed by atoms with Crippen LogP contribution in [0.2, 0.25) is 0 Å². The molecular weight excluding hydrogens is 170 g/mol. The smallest absolute Gasteiger partial charge is 0.0578 e. The van der Waals surface area contributed by atoms with Crippen molar-refractivity contribution in [1.82, 2.24) is 5.32 Å². The van der Waals surface area contributed by atoms with Crippen molar-refractivity contribution in [3.63, 3.8) is 0 Å². The molecule has 0 aliphatic rings. The minimum Gasteiger partial charge on any atom is -0.299 e. The van der Waals surface area contributed by atoms with Crippen LogP contribution in [-0.4, -0.2) is 6.54 Å². The number of hydrogen-bond acceptors (Lipinski definition) is 1. The van der Waals surface area contributed by atoms with Gasteiger partial charge in [0.1, 0.15) is 0 Å². The average molecular weight is 187 g/mol. The highest BCUT2D eigenvalue weighted by atomic mass is 14.9. The van der Waals surface area contributed by atoms with Gasteiger partial charge in [-0.2, -0.15) is 0 Å². The van der Waals surface area contributed by atoms with Crippen LogP contribution >= 0.6 is 0 Å². The molecule has 1 atom stereocenters. The zero-order valence-corrected chi connectivity index (χ0v) is 8.88. The molecule has 0 aromatic heterocycles. The van der Waals surface area contributed by atoms with E-state index in [0.717, 1.165) is 6.42 Å². The van der Waals surface area contributed by atoms with Gasteiger partial charge < -0.3 is 0 Å². The van der Waals surface area contributed by atoms with Crippen LogP contribution in [0.25, 0.3) is 0 Å². The van der Waals surface area contributed by atoms with Gasteiger partial charge >= 0.3 is 0 Å². The van der Waals surface area contributed by atoms with E-state index in [1.54, 1.807) is 0 Å². The van der Waals surface area contributed by atoms with Crippen molar-refractivity contribution in [1.29, 1.82) is 0 Å². The number of terminal acetylenes is 1. The highest BCUT2D eigenvalue weighted by Crippen LogP contribution is 2.19. The maximum absolute atomic E-state index is 5.24. The van der Waals surface area contributed by atoms with E-state index in [9.17, 15) is 0 Å². The summed E-state index contributed by atoms with van der Waals surface area (Å²) in [5, 5.41) is 3.34. The second-order valence-electron chi connectivity index (χ2n) is 3.40. The fraction of sp³-hybridized carbons (Fsp3) is 0.385. The third-order valence-electron chi connectivity index (χ3n) is 2.42. The molecule has 1 aromatic rings. The van der Waals surface area contributed by atoms with E-state index in [4.69, 9.17) is 6.42 Å². The Labute approximate surface area is 86.5 Å². The molecule has 0 saturated heterocycles. The van der Waals surface area contributed by atoms with Gasteiger partial charge in [-0.05, 0) is 24.5 Å². The summed E-state index contributed by atoms with van der Waals surface area (Å²) < 4.78 is 0. The number of benzene rings is 1. The Bertz CT molecular complexity index is 322. The Morgan fingerprint density at radius 2 is 2.14 bits per heavy atom. The average Bonchev–Trinajstić information content (AvgIpc) is 2.21. The van der Waals surface area contributed by atoms with Gasteiger partial charge in [-0.25, -0.2) is 0 Å². The third kappa shape index (κ3) is 2.61. The Balaban J connectivity index is 2.79. The molecule has 0 amide bonds. The molecule has 0 aliphatic heterocycles. The SMILES string of the molecule is C#CCNC(CC)c1ccccc1C. The summed E-state index contributed by atoms with van der Waals surface area (Å²) in [6.07, 6.45) is 6.30. The first-order chi connectivity index (χ1) is 6.79. The topological polar surface area (TPSA) is 12.0 Å². The standard InChI is InChI=1S/C13H17N/c1-4-10-14-13(5-2)12-9-7-6-8-11(12)3/h1,6-9,13-14H,5,10H2,2-3H3. The molecule has 1 N–H and O–H groups in total. The number of hydrogen-bond donors (Lipinski definition) is 1. The van der Waals surface area contributed by atoms with Crippen LogP contribution in [0.3, 0.4) is 0 Å². The highest BCUT2D eigenvalue weighted by molar-refractivity contribution is 5.28. The minimum absolute atomic E-state index is 0.382. The lowest BCUT2D eigenvalue weighted by molar-refractivity contribution is 0.553. The van der Waals surface area contributed by atoms with Gasteiger partial charge in [0.05, 0.1) is 6.54 Å². The first kappa shape index (κ1) is 10.8. The van der Waals surface area contributed by atoms with E-state index in [2.05, 4.69) is 49.4 Å². The fourth-order valence-electron chi connectivity index (χ4n) is 1.63. The van der Waals surface area contributed by atoms with Crippen molar-refractivity contribution < 1.29 is 0 Å². The Morgan fingerprint density at radius 3 is 2.71 bits per heavy atom. The van der Waals surface area contributed by atoms with E-state index in [-0.39, 0.29) is 0 Å². The van der Waals surface area contributed by atoms with Crippen molar-refractivity contribution in [2.24, 2.45) is 0 Å². The highest BCUT2D eigenvalue weighted by Gasteiger charge is 2.09. The van der Waals surface area contributed by atoms with Gasteiger partial charge in [0, 0.05) is 6.04 Å². The monoisotopic (exact) mass is 187 g/mol. The van der Waals surface area contributed by atoms with Crippen molar-refractivity contribution in [2.45, 2.75) is 26.3 Å². The molecule has 1 heteroatoms. The van der Waals surface area contributed by atoms with E-state index in [1.807, 2.05) is 0 Å². The van der Waals surface area contributed by atoms with Crippen molar-refractivity contribution in [3.8, 4) is 12.3 Å². The first-order valence-corrected chi connectivity index (χ1v) is 5.02. The second-order valence-corrected chi connectivity index (χ2v) is 3.40. The summed E-state index contributed by atoms with van der Waals surface area (Å²) in [4.78, 5) is 0. The van der Waals surface area contributed by atoms with Crippen molar-refractivity contribution in [3.05, 3.63) is 35.4 Å². The van der Waals surface area contributed by atoms with E-state index in [1.165, 1.54) is 11.1 Å². The largest absolute Gasteiger partial charge is 0.299 e. The number of aryl methyl sites for hydroxylation is 1.